The summed E-state index contributed by atoms with van der Waals surface area (Å²) < 4.78 is 28.6. The van der Waals surface area contributed by atoms with Crippen LogP contribution in [0.15, 0.2) is 24.3 Å². The van der Waals surface area contributed by atoms with Crippen LogP contribution in [0.5, 0.6) is 5.75 Å². The second kappa shape index (κ2) is 10.1. The summed E-state index contributed by atoms with van der Waals surface area (Å²) in [6.45, 7) is -1.82. The molecular weight excluding hydrogens is 356 g/mol. The Labute approximate surface area is 151 Å². The molecule has 0 saturated carbocycles. The maximum atomic E-state index is 12.5. The number of hydrogen-bond acceptors (Lipinski definition) is 4. The molecule has 2 amide bonds. The van der Waals surface area contributed by atoms with Crippen molar-refractivity contribution in [1.29, 1.82) is 0 Å². The lowest BCUT2D eigenvalue weighted by Crippen LogP contribution is -2.52. The summed E-state index contributed by atoms with van der Waals surface area (Å²) in [5.41, 5.74) is 0.593. The van der Waals surface area contributed by atoms with E-state index in [1.54, 1.807) is 24.1 Å². The number of benzene rings is 1. The first-order chi connectivity index (χ1) is 11.5. The first-order valence-corrected chi connectivity index (χ1v) is 7.81. The first kappa shape index (κ1) is 21.1. The maximum Gasteiger partial charge on any atom is 0.387 e. The van der Waals surface area contributed by atoms with Gasteiger partial charge in [0.05, 0.1) is 0 Å². The number of nitrogens with zero attached hydrogens (tertiary/aromatic N) is 1. The number of carbonyl (C=O) groups is 2. The van der Waals surface area contributed by atoms with Crippen LogP contribution in [0.1, 0.15) is 19.3 Å². The van der Waals surface area contributed by atoms with Gasteiger partial charge in [-0.2, -0.15) is 8.78 Å². The predicted molar refractivity (Wildman–Crippen MR) is 92.4 cm³/mol. The Hall–Kier alpha value is -1.93. The Kier molecular flexibility index (Phi) is 8.57. The summed E-state index contributed by atoms with van der Waals surface area (Å²) in [5, 5.41) is 5.63. The molecule has 0 spiro atoms. The minimum Gasteiger partial charge on any atom is -0.435 e. The molecule has 1 aliphatic heterocycles. The van der Waals surface area contributed by atoms with E-state index in [-0.39, 0.29) is 30.0 Å². The van der Waals surface area contributed by atoms with Gasteiger partial charge in [0.15, 0.2) is 0 Å². The Bertz CT molecular complexity index is 572. The van der Waals surface area contributed by atoms with E-state index in [4.69, 9.17) is 0 Å². The molecule has 140 valence electrons. The SMILES string of the molecule is CNCCC(=O)NC1CCCN(c2ccc(OC(F)F)cc2)C1=O.Cl. The highest BCUT2D eigenvalue weighted by Gasteiger charge is 2.30. The van der Waals surface area contributed by atoms with Gasteiger partial charge in [0.25, 0.3) is 0 Å². The van der Waals surface area contributed by atoms with Gasteiger partial charge in [0.1, 0.15) is 11.8 Å². The minimum absolute atomic E-state index is 0. The third kappa shape index (κ3) is 6.13. The van der Waals surface area contributed by atoms with Crippen molar-refractivity contribution in [1.82, 2.24) is 10.6 Å². The van der Waals surface area contributed by atoms with Crippen LogP contribution in [0.3, 0.4) is 0 Å². The zero-order valence-electron chi connectivity index (χ0n) is 13.8. The number of rotatable bonds is 7. The third-order valence-corrected chi connectivity index (χ3v) is 3.75. The summed E-state index contributed by atoms with van der Waals surface area (Å²) in [6, 6.07) is 5.34. The molecule has 1 aromatic rings. The van der Waals surface area contributed by atoms with Crippen LogP contribution in [-0.4, -0.2) is 44.6 Å². The zero-order chi connectivity index (χ0) is 17.5. The normalized spacial score (nSPS) is 17.2. The number of nitrogens with one attached hydrogen (secondary N) is 2. The highest BCUT2D eigenvalue weighted by molar-refractivity contribution is 5.99. The Morgan fingerprint density at radius 3 is 2.64 bits per heavy atom. The number of halogens is 3. The molecule has 25 heavy (non-hydrogen) atoms. The molecule has 1 atom stereocenters. The van der Waals surface area contributed by atoms with E-state index in [2.05, 4.69) is 15.4 Å². The summed E-state index contributed by atoms with van der Waals surface area (Å²) >= 11 is 0. The van der Waals surface area contributed by atoms with Crippen LogP contribution in [0.4, 0.5) is 14.5 Å². The molecule has 0 bridgehead atoms. The Morgan fingerprint density at radius 1 is 1.36 bits per heavy atom. The topological polar surface area (TPSA) is 70.7 Å². The molecule has 2 N–H and O–H groups in total. The van der Waals surface area contributed by atoms with Crippen LogP contribution >= 0.6 is 12.4 Å². The summed E-state index contributed by atoms with van der Waals surface area (Å²) in [6.07, 6.45) is 1.64. The van der Waals surface area contributed by atoms with Crippen molar-refractivity contribution in [3.8, 4) is 5.75 Å². The number of ether oxygens (including phenoxy) is 1. The molecule has 1 heterocycles. The van der Waals surface area contributed by atoms with Gasteiger partial charge in [-0.05, 0) is 44.2 Å². The smallest absolute Gasteiger partial charge is 0.387 e. The predicted octanol–water partition coefficient (Wildman–Crippen LogP) is 1.93. The van der Waals surface area contributed by atoms with Crippen LogP contribution in [0, 0.1) is 0 Å². The Balaban J connectivity index is 0.00000312. The fraction of sp³-hybridized carbons (Fsp3) is 0.500. The summed E-state index contributed by atoms with van der Waals surface area (Å²) in [7, 11) is 1.75. The van der Waals surface area contributed by atoms with Gasteiger partial charge in [-0.15, -0.1) is 12.4 Å². The van der Waals surface area contributed by atoms with Gasteiger partial charge in [-0.3, -0.25) is 9.59 Å². The van der Waals surface area contributed by atoms with E-state index in [9.17, 15) is 18.4 Å². The van der Waals surface area contributed by atoms with Crippen LogP contribution < -0.4 is 20.3 Å². The number of alkyl halides is 2. The van der Waals surface area contributed by atoms with Crippen LogP contribution in [0.2, 0.25) is 0 Å². The highest BCUT2D eigenvalue weighted by atomic mass is 35.5. The molecule has 0 aromatic heterocycles. The van der Waals surface area contributed by atoms with Crippen molar-refractivity contribution in [3.63, 3.8) is 0 Å². The van der Waals surface area contributed by atoms with E-state index in [1.165, 1.54) is 12.1 Å². The highest BCUT2D eigenvalue weighted by Crippen LogP contribution is 2.24. The van der Waals surface area contributed by atoms with E-state index in [0.717, 1.165) is 6.42 Å². The fourth-order valence-corrected chi connectivity index (χ4v) is 2.58. The van der Waals surface area contributed by atoms with Gasteiger partial charge in [0, 0.05) is 25.2 Å². The average Bonchev–Trinajstić information content (AvgIpc) is 2.55. The molecule has 1 saturated heterocycles. The van der Waals surface area contributed by atoms with Gasteiger partial charge < -0.3 is 20.3 Å². The van der Waals surface area contributed by atoms with Crippen molar-refractivity contribution in [2.75, 3.05) is 25.0 Å². The first-order valence-electron chi connectivity index (χ1n) is 7.81. The van der Waals surface area contributed by atoms with Gasteiger partial charge >= 0.3 is 6.61 Å². The second-order valence-corrected chi connectivity index (χ2v) is 5.48. The molecule has 1 aromatic carbocycles. The Morgan fingerprint density at radius 2 is 2.04 bits per heavy atom. The second-order valence-electron chi connectivity index (χ2n) is 5.48. The largest absolute Gasteiger partial charge is 0.435 e. The lowest BCUT2D eigenvalue weighted by molar-refractivity contribution is -0.128. The monoisotopic (exact) mass is 377 g/mol. The number of carbonyl (C=O) groups excluding carboxylic acids is 2. The van der Waals surface area contributed by atoms with Crippen LogP contribution in [0.25, 0.3) is 0 Å². The molecule has 0 radical (unpaired) electrons. The third-order valence-electron chi connectivity index (χ3n) is 3.75. The minimum atomic E-state index is -2.88. The van der Waals surface area contributed by atoms with E-state index < -0.39 is 12.7 Å². The van der Waals surface area contributed by atoms with Gasteiger partial charge in [-0.1, -0.05) is 0 Å². The molecule has 0 aliphatic carbocycles. The van der Waals surface area contributed by atoms with Crippen molar-refractivity contribution < 1.29 is 23.1 Å². The molecule has 1 aliphatic rings. The van der Waals surface area contributed by atoms with E-state index in [1.807, 2.05) is 0 Å². The lowest BCUT2D eigenvalue weighted by atomic mass is 10.0. The molecule has 9 heteroatoms. The quantitative estimate of drug-likeness (QED) is 0.761. The molecule has 6 nitrogen and oxygen atoms in total. The summed E-state index contributed by atoms with van der Waals surface area (Å²) in [4.78, 5) is 25.9. The van der Waals surface area contributed by atoms with Crippen molar-refractivity contribution in [2.24, 2.45) is 0 Å². The number of hydrogen-bond donors (Lipinski definition) is 2. The van der Waals surface area contributed by atoms with E-state index >= 15 is 0 Å². The van der Waals surface area contributed by atoms with Gasteiger partial charge in [-0.25, -0.2) is 0 Å². The van der Waals surface area contributed by atoms with Crippen molar-refractivity contribution in [3.05, 3.63) is 24.3 Å². The number of anilines is 1. The molecule has 1 unspecified atom stereocenters. The zero-order valence-corrected chi connectivity index (χ0v) is 14.7. The van der Waals surface area contributed by atoms with Gasteiger partial charge in [0.2, 0.25) is 11.8 Å². The summed E-state index contributed by atoms with van der Waals surface area (Å²) in [5.74, 6) is -0.332. The number of piperidine rings is 1. The molecular formula is C16H22ClF2N3O3. The van der Waals surface area contributed by atoms with Crippen molar-refractivity contribution >= 4 is 29.9 Å². The van der Waals surface area contributed by atoms with Crippen molar-refractivity contribution in [2.45, 2.75) is 31.9 Å². The average molecular weight is 378 g/mol. The fourth-order valence-electron chi connectivity index (χ4n) is 2.58. The van der Waals surface area contributed by atoms with Crippen LogP contribution in [-0.2, 0) is 9.59 Å². The maximum absolute atomic E-state index is 12.5. The lowest BCUT2D eigenvalue weighted by Gasteiger charge is -2.32. The standard InChI is InChI=1S/C16H21F2N3O3.ClH/c1-19-9-8-14(22)20-13-3-2-10-21(15(13)23)11-4-6-12(7-5-11)24-16(17)18;/h4-7,13,16,19H,2-3,8-10H2,1H3,(H,20,22);1H. The number of amides is 2. The molecule has 1 fully saturated rings. The van der Waals surface area contributed by atoms with E-state index in [0.29, 0.717) is 31.6 Å². The molecule has 2 rings (SSSR count).